The molecule has 1 fully saturated rings. The number of imidazole rings is 1. The van der Waals surface area contributed by atoms with Crippen molar-refractivity contribution in [3.05, 3.63) is 71.3 Å². The van der Waals surface area contributed by atoms with E-state index in [2.05, 4.69) is 51.6 Å². The summed E-state index contributed by atoms with van der Waals surface area (Å²) in [6.07, 6.45) is 10.4. The number of piperidine rings is 1. The molecule has 0 spiro atoms. The SMILES string of the molecule is Br.Br.Br.C(/CN(Cc1nc2ccccc2[nH]1)[C@H]1CCCc2cccnc21)=C1\CCCNC1. The monoisotopic (exact) mass is 627 g/mol. The molecule has 3 aromatic rings. The molecule has 5 rings (SSSR count). The van der Waals surface area contributed by atoms with Crippen LogP contribution in [0.5, 0.6) is 0 Å². The molecule has 1 aliphatic heterocycles. The zero-order valence-electron chi connectivity index (χ0n) is 18.1. The number of nitrogens with one attached hydrogen (secondary N) is 2. The molecule has 0 radical (unpaired) electrons. The highest BCUT2D eigenvalue weighted by Gasteiger charge is 2.27. The first-order chi connectivity index (χ1) is 14.4. The maximum absolute atomic E-state index is 4.85. The van der Waals surface area contributed by atoms with Gasteiger partial charge in [0.2, 0.25) is 0 Å². The molecule has 2 aliphatic rings. The fraction of sp³-hybridized carbons (Fsp3) is 0.417. The fourth-order valence-corrected chi connectivity index (χ4v) is 4.71. The van der Waals surface area contributed by atoms with Crippen molar-refractivity contribution in [2.24, 2.45) is 0 Å². The van der Waals surface area contributed by atoms with Crippen molar-refractivity contribution in [1.29, 1.82) is 0 Å². The molecule has 174 valence electrons. The fourth-order valence-electron chi connectivity index (χ4n) is 4.71. The Kier molecular flexibility index (Phi) is 11.0. The Morgan fingerprint density at radius 1 is 1.03 bits per heavy atom. The summed E-state index contributed by atoms with van der Waals surface area (Å²) in [5.41, 5.74) is 6.35. The van der Waals surface area contributed by atoms with Crippen LogP contribution in [0.2, 0.25) is 0 Å². The molecule has 0 saturated carbocycles. The van der Waals surface area contributed by atoms with Gasteiger partial charge < -0.3 is 10.3 Å². The Balaban J connectivity index is 0.00000121. The second kappa shape index (κ2) is 13.0. The van der Waals surface area contributed by atoms with Gasteiger partial charge in [-0.1, -0.05) is 29.8 Å². The zero-order valence-corrected chi connectivity index (χ0v) is 23.3. The number of halogens is 3. The number of H-pyrrole nitrogens is 1. The second-order valence-electron chi connectivity index (χ2n) is 8.23. The van der Waals surface area contributed by atoms with E-state index in [1.807, 2.05) is 12.3 Å². The van der Waals surface area contributed by atoms with Crippen molar-refractivity contribution in [2.75, 3.05) is 19.6 Å². The van der Waals surface area contributed by atoms with E-state index >= 15 is 0 Å². The second-order valence-corrected chi connectivity index (χ2v) is 8.23. The average Bonchev–Trinajstić information content (AvgIpc) is 3.19. The summed E-state index contributed by atoms with van der Waals surface area (Å²) >= 11 is 0. The molecule has 1 saturated heterocycles. The molecule has 1 aliphatic carbocycles. The third-order valence-corrected chi connectivity index (χ3v) is 6.22. The minimum atomic E-state index is 0. The van der Waals surface area contributed by atoms with Crippen molar-refractivity contribution >= 4 is 62.0 Å². The minimum absolute atomic E-state index is 0. The first-order valence-electron chi connectivity index (χ1n) is 10.9. The largest absolute Gasteiger partial charge is 0.341 e. The summed E-state index contributed by atoms with van der Waals surface area (Å²) in [6.45, 7) is 3.92. The van der Waals surface area contributed by atoms with Crippen LogP contribution in [0.15, 0.2) is 54.2 Å². The van der Waals surface area contributed by atoms with Crippen LogP contribution in [-0.4, -0.2) is 39.5 Å². The van der Waals surface area contributed by atoms with Gasteiger partial charge in [-0.15, -0.1) is 50.9 Å². The quantitative estimate of drug-likeness (QED) is 0.346. The molecule has 32 heavy (non-hydrogen) atoms. The van der Waals surface area contributed by atoms with E-state index in [1.54, 1.807) is 0 Å². The molecule has 0 unspecified atom stereocenters. The predicted octanol–water partition coefficient (Wildman–Crippen LogP) is 5.88. The highest BCUT2D eigenvalue weighted by Crippen LogP contribution is 2.33. The lowest BCUT2D eigenvalue weighted by Crippen LogP contribution is -2.33. The van der Waals surface area contributed by atoms with E-state index in [9.17, 15) is 0 Å². The zero-order chi connectivity index (χ0) is 19.5. The van der Waals surface area contributed by atoms with Crippen LogP contribution >= 0.6 is 50.9 Å². The number of aromatic nitrogens is 3. The van der Waals surface area contributed by atoms with E-state index in [0.29, 0.717) is 6.04 Å². The molecular weight excluding hydrogens is 598 g/mol. The number of rotatable bonds is 5. The van der Waals surface area contributed by atoms with Crippen LogP contribution in [0, 0.1) is 0 Å². The lowest BCUT2D eigenvalue weighted by Gasteiger charge is -2.34. The number of fused-ring (bicyclic) bond motifs is 2. The summed E-state index contributed by atoms with van der Waals surface area (Å²) in [7, 11) is 0. The first kappa shape index (κ1) is 27.2. The number of hydrogen-bond acceptors (Lipinski definition) is 4. The number of benzene rings is 1. The summed E-state index contributed by atoms with van der Waals surface area (Å²) in [5.74, 6) is 1.04. The van der Waals surface area contributed by atoms with Crippen LogP contribution in [0.1, 0.15) is 48.8 Å². The Morgan fingerprint density at radius 2 is 1.91 bits per heavy atom. The van der Waals surface area contributed by atoms with Gasteiger partial charge in [-0.2, -0.15) is 0 Å². The van der Waals surface area contributed by atoms with Crippen LogP contribution in [0.3, 0.4) is 0 Å². The Hall–Kier alpha value is -1.06. The normalized spacial score (nSPS) is 19.0. The molecule has 3 heterocycles. The van der Waals surface area contributed by atoms with Crippen molar-refractivity contribution < 1.29 is 0 Å². The van der Waals surface area contributed by atoms with E-state index < -0.39 is 0 Å². The summed E-state index contributed by atoms with van der Waals surface area (Å²) < 4.78 is 0. The van der Waals surface area contributed by atoms with Crippen molar-refractivity contribution in [3.8, 4) is 0 Å². The van der Waals surface area contributed by atoms with Gasteiger partial charge in [0, 0.05) is 19.3 Å². The van der Waals surface area contributed by atoms with Crippen LogP contribution < -0.4 is 5.32 Å². The number of hydrogen-bond donors (Lipinski definition) is 2. The van der Waals surface area contributed by atoms with E-state index in [0.717, 1.165) is 55.9 Å². The first-order valence-corrected chi connectivity index (χ1v) is 10.9. The van der Waals surface area contributed by atoms with Crippen molar-refractivity contribution in [2.45, 2.75) is 44.7 Å². The highest BCUT2D eigenvalue weighted by atomic mass is 79.9. The number of pyridine rings is 1. The number of aryl methyl sites for hydroxylation is 1. The average molecular weight is 630 g/mol. The highest BCUT2D eigenvalue weighted by molar-refractivity contribution is 8.93. The van der Waals surface area contributed by atoms with Crippen molar-refractivity contribution in [1.82, 2.24) is 25.2 Å². The Morgan fingerprint density at radius 3 is 2.72 bits per heavy atom. The standard InChI is InChI=1S/C24H29N5.3BrH/c1-2-10-21-20(9-1)27-23(28-21)17-29(15-12-18-6-4-13-25-16-18)22-11-3-7-19-8-5-14-26-24(19)22;;;/h1-2,5,8-10,12,14,22,25H,3-4,6-7,11,13,15-17H2,(H,27,28);3*1H/b18-12-;;;/t22-;;;/m0.../s1. The smallest absolute Gasteiger partial charge is 0.121 e. The van der Waals surface area contributed by atoms with Gasteiger partial charge in [-0.3, -0.25) is 9.88 Å². The van der Waals surface area contributed by atoms with E-state index in [4.69, 9.17) is 9.97 Å². The summed E-state index contributed by atoms with van der Waals surface area (Å²) in [5, 5.41) is 3.50. The molecule has 0 amide bonds. The van der Waals surface area contributed by atoms with Crippen LogP contribution in [0.4, 0.5) is 0 Å². The van der Waals surface area contributed by atoms with Gasteiger partial charge in [-0.05, 0) is 62.4 Å². The lowest BCUT2D eigenvalue weighted by molar-refractivity contribution is 0.181. The molecule has 2 aromatic heterocycles. The van der Waals surface area contributed by atoms with Gasteiger partial charge in [-0.25, -0.2) is 4.98 Å². The Labute approximate surface area is 221 Å². The third kappa shape index (κ3) is 6.29. The molecule has 1 atom stereocenters. The summed E-state index contributed by atoms with van der Waals surface area (Å²) in [4.78, 5) is 15.7. The lowest BCUT2D eigenvalue weighted by atomic mass is 9.90. The number of nitrogens with zero attached hydrogens (tertiary/aromatic N) is 3. The topological polar surface area (TPSA) is 56.8 Å². The van der Waals surface area contributed by atoms with Crippen LogP contribution in [-0.2, 0) is 13.0 Å². The molecule has 0 bridgehead atoms. The van der Waals surface area contributed by atoms with E-state index in [-0.39, 0.29) is 50.9 Å². The van der Waals surface area contributed by atoms with E-state index in [1.165, 1.54) is 36.1 Å². The molecule has 8 heteroatoms. The third-order valence-electron chi connectivity index (χ3n) is 6.22. The maximum Gasteiger partial charge on any atom is 0.121 e. The van der Waals surface area contributed by atoms with Crippen molar-refractivity contribution in [3.63, 3.8) is 0 Å². The predicted molar refractivity (Wildman–Crippen MR) is 148 cm³/mol. The molecule has 1 aromatic carbocycles. The number of para-hydroxylation sites is 2. The molecule has 2 N–H and O–H groups in total. The maximum atomic E-state index is 4.85. The van der Waals surface area contributed by atoms with Gasteiger partial charge in [0.15, 0.2) is 0 Å². The van der Waals surface area contributed by atoms with Gasteiger partial charge in [0.1, 0.15) is 5.82 Å². The number of aromatic amines is 1. The Bertz CT molecular complexity index is 979. The van der Waals surface area contributed by atoms with Crippen LogP contribution in [0.25, 0.3) is 11.0 Å². The van der Waals surface area contributed by atoms with Gasteiger partial charge in [0.05, 0.1) is 29.3 Å². The van der Waals surface area contributed by atoms with Gasteiger partial charge in [0.25, 0.3) is 0 Å². The van der Waals surface area contributed by atoms with Gasteiger partial charge >= 0.3 is 0 Å². The summed E-state index contributed by atoms with van der Waals surface area (Å²) in [6, 6.07) is 13.0. The minimum Gasteiger partial charge on any atom is -0.341 e. The molecular formula is C24H32Br3N5. The molecule has 5 nitrogen and oxygen atoms in total.